The van der Waals surface area contributed by atoms with E-state index in [4.69, 9.17) is 11.6 Å². The first-order chi connectivity index (χ1) is 52.5. The summed E-state index contributed by atoms with van der Waals surface area (Å²) < 4.78 is 51.9. The largest absolute Gasteiger partial charge is 0.480 e. The number of carboxylic acids is 1. The van der Waals surface area contributed by atoms with Crippen LogP contribution in [0.1, 0.15) is 124 Å². The number of sulfone groups is 2. The Morgan fingerprint density at radius 1 is 0.598 bits per heavy atom. The SMILES string of the molecule is CC[C@H](C)[C@@H]1NC(=O)[C@H](C(C)C)NC(=O)[C@@H]2CCCN2C(=O)[C@H](C)NC(=O)C[C@@H](C(=O)N2CCC[C@H]2C(=O)N(C)CC(=O)N[C@@H](CO)C(=O)O)NC(=O)[C@H](CCS(C)(=O)=O)NC(=O)[C@H](C(C)C)NC(=O)[C@H](Cc2cccc(Cl)c2)N(C)C(=O)[C@@H]2CCCN2C(=O)[C@H](CCS(C)(=O)=O)NC(=O)[C@H](Cc2ccccc2)N(C)C1=O. The van der Waals surface area contributed by atoms with Crippen molar-refractivity contribution in [3.8, 4) is 0 Å². The van der Waals surface area contributed by atoms with Gasteiger partial charge in [-0.3, -0.25) is 67.1 Å². The highest BCUT2D eigenvalue weighted by molar-refractivity contribution is 7.90. The number of benzene rings is 2. The van der Waals surface area contributed by atoms with Gasteiger partial charge in [0.15, 0.2) is 0 Å². The van der Waals surface area contributed by atoms with Crippen LogP contribution in [-0.2, 0) is 104 Å². The summed E-state index contributed by atoms with van der Waals surface area (Å²) in [5.41, 5.74) is 0.946. The van der Waals surface area contributed by atoms with E-state index in [0.29, 0.717) is 11.1 Å². The predicted molar refractivity (Wildman–Crippen MR) is 409 cm³/mol. The average molecular weight is 1630 g/mol. The van der Waals surface area contributed by atoms with Crippen LogP contribution in [0.15, 0.2) is 54.6 Å². The lowest BCUT2D eigenvalue weighted by Crippen LogP contribution is -2.62. The van der Waals surface area contributed by atoms with E-state index in [1.807, 2.05) is 0 Å². The van der Waals surface area contributed by atoms with Crippen molar-refractivity contribution >= 4 is 120 Å². The molecule has 0 saturated carbocycles. The number of aliphatic hydroxyl groups excluding tert-OH is 1. The van der Waals surface area contributed by atoms with Gasteiger partial charge < -0.3 is 82.1 Å². The van der Waals surface area contributed by atoms with Gasteiger partial charge in [-0.1, -0.05) is 102 Å². The molecule has 10 N–H and O–H groups in total. The van der Waals surface area contributed by atoms with Crippen LogP contribution in [0.25, 0.3) is 0 Å². The molecule has 4 heterocycles. The molecule has 14 atom stereocenters. The summed E-state index contributed by atoms with van der Waals surface area (Å²) in [7, 11) is -4.11. The molecule has 0 unspecified atom stereocenters. The highest BCUT2D eigenvalue weighted by Gasteiger charge is 2.47. The van der Waals surface area contributed by atoms with Crippen LogP contribution in [-0.4, -0.2) is 302 Å². The third-order valence-electron chi connectivity index (χ3n) is 20.7. The van der Waals surface area contributed by atoms with Gasteiger partial charge in [0, 0.05) is 71.2 Å². The number of carbonyl (C=O) groups excluding carboxylic acids is 14. The fourth-order valence-corrected chi connectivity index (χ4v) is 15.6. The molecule has 0 bridgehead atoms. The molecule has 4 aliphatic heterocycles. The summed E-state index contributed by atoms with van der Waals surface area (Å²) in [6.45, 7) is 8.89. The zero-order valence-electron chi connectivity index (χ0n) is 65.4. The summed E-state index contributed by atoms with van der Waals surface area (Å²) in [5.74, 6) is -18.5. The molecule has 620 valence electrons. The van der Waals surface area contributed by atoms with E-state index in [0.717, 1.165) is 37.0 Å². The number of rotatable bonds is 21. The van der Waals surface area contributed by atoms with Gasteiger partial charge in [-0.2, -0.15) is 0 Å². The monoisotopic (exact) mass is 1630 g/mol. The van der Waals surface area contributed by atoms with Crippen LogP contribution >= 0.6 is 11.6 Å². The number of carboxylic acid groups (broad SMARTS) is 1. The lowest BCUT2D eigenvalue weighted by Gasteiger charge is -2.36. The number of fused-ring (bicyclic) bond motifs is 2. The van der Waals surface area contributed by atoms with Crippen molar-refractivity contribution in [1.29, 1.82) is 0 Å². The standard InChI is InChI=1S/C74H109ClN14O21S2/c1-13-43(6)61-73(104)86(10)55(36-45-21-15-14-16-22-45)64(95)79-49(29-34-112(12,109)110)69(100)89-32-20-27-54(89)72(103)85(9)56(37-46-23-17-24-47(75)35-46)65(96)82-59(41(2)3)66(97)78-48(28-33-111(11,107)108)62(93)80-50(70(101)88-31-19-26-53(88)71(102)84(8)39-58(92)77-51(40-90)74(105)106)38-57(91)76-44(7)68(99)87-30-18-25-52(87)63(94)81-60(42(4)5)67(98)83-61/h14-17,21-24,35,41-44,48-56,59-61,90H,13,18-20,25-34,36-40H2,1-12H3,(H,76,91)(H,77,92)(H,78,97)(H,79,95)(H,80,93)(H,81,94)(H,82,96)(H,83,98)(H,105,106)/t43-,44-,48-,49-,50-,51-,52-,53-,54-,55-,56-,59-,60-,61-/m0/s1. The third kappa shape index (κ3) is 25.3. The first-order valence-corrected chi connectivity index (χ1v) is 42.1. The number of aliphatic hydroxyl groups is 1. The summed E-state index contributed by atoms with van der Waals surface area (Å²) >= 11 is 6.46. The maximum absolute atomic E-state index is 15.3. The van der Waals surface area contributed by atoms with Crippen molar-refractivity contribution in [3.63, 3.8) is 0 Å². The lowest BCUT2D eigenvalue weighted by atomic mass is 9.94. The van der Waals surface area contributed by atoms with E-state index in [9.17, 15) is 65.4 Å². The number of nitrogens with zero attached hydrogens (tertiary/aromatic N) is 6. The molecule has 38 heteroatoms. The summed E-state index contributed by atoms with van der Waals surface area (Å²) in [6.07, 6.45) is -0.0563. The van der Waals surface area contributed by atoms with Crippen molar-refractivity contribution in [2.24, 2.45) is 17.8 Å². The minimum atomic E-state index is -4.00. The van der Waals surface area contributed by atoms with Gasteiger partial charge in [0.05, 0.1) is 31.1 Å². The molecule has 2 aromatic carbocycles. The molecule has 0 radical (unpaired) electrons. The van der Waals surface area contributed by atoms with E-state index < -0.39 is 249 Å². The fourth-order valence-electron chi connectivity index (χ4n) is 14.0. The topological polar surface area (TPSA) is 480 Å². The highest BCUT2D eigenvalue weighted by atomic mass is 35.5. The van der Waals surface area contributed by atoms with Crippen molar-refractivity contribution < 1.29 is 99.0 Å². The normalized spacial score (nSPS) is 25.9. The Balaban J connectivity index is 1.48. The number of likely N-dealkylation sites (tertiary alicyclic amines) is 1. The van der Waals surface area contributed by atoms with Gasteiger partial charge in [0.2, 0.25) is 82.7 Å². The van der Waals surface area contributed by atoms with Gasteiger partial charge >= 0.3 is 5.97 Å². The second-order valence-electron chi connectivity index (χ2n) is 30.2. The first-order valence-electron chi connectivity index (χ1n) is 37.6. The quantitative estimate of drug-likeness (QED) is 0.0635. The Kier molecular flexibility index (Phi) is 33.4. The van der Waals surface area contributed by atoms with Crippen molar-refractivity contribution in [3.05, 3.63) is 70.7 Å². The van der Waals surface area contributed by atoms with Crippen molar-refractivity contribution in [2.45, 2.75) is 204 Å². The number of halogens is 1. The molecule has 0 aliphatic carbocycles. The predicted octanol–water partition coefficient (Wildman–Crippen LogP) is -2.18. The number of likely N-dealkylation sites (N-methyl/N-ethyl adjacent to an activating group) is 3. The van der Waals surface area contributed by atoms with Gasteiger partial charge in [0.25, 0.3) is 0 Å². The number of nitrogens with one attached hydrogen (secondary N) is 8. The summed E-state index contributed by atoms with van der Waals surface area (Å²) in [5, 5.41) is 39.7. The second kappa shape index (κ2) is 40.9. The van der Waals surface area contributed by atoms with Crippen LogP contribution in [0.2, 0.25) is 5.02 Å². The molecule has 4 fully saturated rings. The minimum absolute atomic E-state index is 0.00713. The zero-order valence-corrected chi connectivity index (χ0v) is 67.8. The van der Waals surface area contributed by atoms with E-state index in [1.165, 1.54) is 52.9 Å². The molecular weight excluding hydrogens is 1520 g/mol. The van der Waals surface area contributed by atoms with E-state index in [2.05, 4.69) is 42.5 Å². The number of carbonyl (C=O) groups is 15. The van der Waals surface area contributed by atoms with Crippen molar-refractivity contribution in [2.75, 3.05) is 77.9 Å². The van der Waals surface area contributed by atoms with Crippen LogP contribution in [0.4, 0.5) is 0 Å². The number of aliphatic carboxylic acids is 1. The number of hydrogen-bond donors (Lipinski definition) is 10. The molecule has 14 amide bonds. The molecular formula is C74H109ClN14O21S2. The van der Waals surface area contributed by atoms with Gasteiger partial charge in [-0.25, -0.2) is 21.6 Å². The Labute approximate surface area is 658 Å². The van der Waals surface area contributed by atoms with Crippen LogP contribution in [0, 0.1) is 17.8 Å². The Morgan fingerprint density at radius 2 is 1.11 bits per heavy atom. The summed E-state index contributed by atoms with van der Waals surface area (Å²) in [6, 6.07) is -5.53. The molecule has 2 aromatic rings. The van der Waals surface area contributed by atoms with Crippen LogP contribution < -0.4 is 42.5 Å². The highest BCUT2D eigenvalue weighted by Crippen LogP contribution is 2.27. The minimum Gasteiger partial charge on any atom is -0.480 e. The van der Waals surface area contributed by atoms with Crippen LogP contribution in [0.3, 0.4) is 0 Å². The molecule has 6 rings (SSSR count). The number of amides is 14. The van der Waals surface area contributed by atoms with Gasteiger partial charge in [0.1, 0.15) is 98.2 Å². The third-order valence-corrected chi connectivity index (χ3v) is 22.9. The molecule has 4 aliphatic rings. The van der Waals surface area contributed by atoms with E-state index in [1.54, 1.807) is 76.2 Å². The lowest BCUT2D eigenvalue weighted by molar-refractivity contribution is -0.149. The Hall–Kier alpha value is -9.36. The maximum Gasteiger partial charge on any atom is 0.328 e. The fraction of sp³-hybridized carbons (Fsp3) is 0.635. The number of hydrogen-bond acceptors (Lipinski definition) is 20. The molecule has 112 heavy (non-hydrogen) atoms. The van der Waals surface area contributed by atoms with Crippen molar-refractivity contribution in [1.82, 2.24) is 71.9 Å². The van der Waals surface area contributed by atoms with E-state index in [-0.39, 0.29) is 82.4 Å². The molecule has 0 aromatic heterocycles. The van der Waals surface area contributed by atoms with E-state index >= 15 is 33.6 Å². The average Bonchev–Trinajstić information content (AvgIpc) is 1.71. The first kappa shape index (κ1) is 91.5. The Morgan fingerprint density at radius 3 is 1.67 bits per heavy atom. The molecule has 4 saturated heterocycles. The molecule has 35 nitrogen and oxygen atoms in total. The van der Waals surface area contributed by atoms with Gasteiger partial charge in [-0.15, -0.1) is 0 Å². The van der Waals surface area contributed by atoms with Crippen LogP contribution in [0.5, 0.6) is 0 Å². The Bertz CT molecular complexity index is 4040. The maximum atomic E-state index is 15.3. The summed E-state index contributed by atoms with van der Waals surface area (Å²) in [4.78, 5) is 225. The smallest absolute Gasteiger partial charge is 0.328 e. The zero-order chi connectivity index (χ0) is 83.5. The molecule has 0 spiro atoms. The van der Waals surface area contributed by atoms with Gasteiger partial charge in [-0.05, 0) is 99.3 Å². The second-order valence-corrected chi connectivity index (χ2v) is 35.2.